The van der Waals surface area contributed by atoms with Crippen molar-refractivity contribution in [3.8, 4) is 0 Å². The number of benzene rings is 5. The molecular weight excluding hydrogens is 609 g/mol. The van der Waals surface area contributed by atoms with Gasteiger partial charge in [-0.2, -0.15) is 0 Å². The molecule has 218 valence electrons. The van der Waals surface area contributed by atoms with Gasteiger partial charge in [0.25, 0.3) is 0 Å². The predicted molar refractivity (Wildman–Crippen MR) is 182 cm³/mol. The zero-order chi connectivity index (χ0) is 29.8. The standard InChI is InChI=1S/C34H33F4P3S/c35-40(36,31-18-8-2-9-19-31,32-20-10-3-11-21-32)28-26-39(42,30-16-6-1-7-17-30)27-29-41(37,38,33-22-12-4-13-23-33)34-24-14-5-15-25-34/h1-25H,26-29H2. The van der Waals surface area contributed by atoms with Gasteiger partial charge in [-0.3, -0.25) is 0 Å². The summed E-state index contributed by atoms with van der Waals surface area (Å²) < 4.78 is 69.5. The van der Waals surface area contributed by atoms with Crippen molar-refractivity contribution in [3.63, 3.8) is 0 Å². The SMILES string of the molecule is FP(F)(CCP(=S)(CCP(F)(F)(c1ccccc1)c1ccccc1)c1ccccc1)(c1ccccc1)c1ccccc1. The average molecular weight is 643 g/mol. The van der Waals surface area contributed by atoms with E-state index in [0.29, 0.717) is 0 Å². The van der Waals surface area contributed by atoms with E-state index in [9.17, 15) is 0 Å². The normalized spacial score (nSPS) is 15.4. The van der Waals surface area contributed by atoms with E-state index >= 15 is 16.8 Å². The van der Waals surface area contributed by atoms with E-state index in [1.807, 2.05) is 30.3 Å². The molecule has 8 heteroatoms. The Bertz CT molecular complexity index is 1480. The molecule has 0 aromatic heterocycles. The fraction of sp³-hybridized carbons (Fsp3) is 0.118. The van der Waals surface area contributed by atoms with Gasteiger partial charge < -0.3 is 0 Å². The van der Waals surface area contributed by atoms with Crippen molar-refractivity contribution in [3.05, 3.63) is 152 Å². The summed E-state index contributed by atoms with van der Waals surface area (Å²) in [6, 6.07) is 38.0. The van der Waals surface area contributed by atoms with Gasteiger partial charge in [0.1, 0.15) is 0 Å². The molecule has 0 unspecified atom stereocenters. The summed E-state index contributed by atoms with van der Waals surface area (Å²) in [7, 11) is -11.4. The Morgan fingerprint density at radius 2 is 0.643 bits per heavy atom. The molecule has 5 rings (SSSR count). The van der Waals surface area contributed by atoms with E-state index in [1.165, 1.54) is 48.5 Å². The molecule has 0 radical (unpaired) electrons. The molecule has 0 N–H and O–H groups in total. The topological polar surface area (TPSA) is 0 Å². The van der Waals surface area contributed by atoms with Crippen molar-refractivity contribution in [2.24, 2.45) is 0 Å². The van der Waals surface area contributed by atoms with Crippen LogP contribution in [0.25, 0.3) is 0 Å². The van der Waals surface area contributed by atoms with Crippen molar-refractivity contribution in [1.29, 1.82) is 0 Å². The minimum absolute atomic E-state index is 0.00602. The molecule has 0 bridgehead atoms. The zero-order valence-corrected chi connectivity index (χ0v) is 26.5. The summed E-state index contributed by atoms with van der Waals surface area (Å²) in [6.45, 7) is 0. The van der Waals surface area contributed by atoms with E-state index in [4.69, 9.17) is 11.8 Å². The van der Waals surface area contributed by atoms with Gasteiger partial charge in [-0.15, -0.1) is 0 Å². The Morgan fingerprint density at radius 1 is 0.405 bits per heavy atom. The van der Waals surface area contributed by atoms with Crippen LogP contribution in [0.15, 0.2) is 152 Å². The van der Waals surface area contributed by atoms with Crippen LogP contribution >= 0.6 is 20.5 Å². The molecule has 0 heterocycles. The zero-order valence-electron chi connectivity index (χ0n) is 23.0. The molecule has 0 fully saturated rings. The van der Waals surface area contributed by atoms with Crippen LogP contribution in [0.3, 0.4) is 0 Å². The van der Waals surface area contributed by atoms with Crippen LogP contribution in [0.4, 0.5) is 16.8 Å². The number of rotatable bonds is 11. The van der Waals surface area contributed by atoms with Gasteiger partial charge in [0.15, 0.2) is 0 Å². The first-order valence-corrected chi connectivity index (χ1v) is 21.4. The quantitative estimate of drug-likeness (QED) is 0.103. The van der Waals surface area contributed by atoms with Crippen molar-refractivity contribution >= 4 is 58.8 Å². The summed E-state index contributed by atoms with van der Waals surface area (Å²) in [6.07, 6.45) is -0.956. The first kappa shape index (κ1) is 30.8. The first-order chi connectivity index (χ1) is 20.0. The predicted octanol–water partition coefficient (Wildman–Crippen LogP) is 8.74. The van der Waals surface area contributed by atoms with Crippen molar-refractivity contribution in [2.45, 2.75) is 0 Å². The van der Waals surface area contributed by atoms with Gasteiger partial charge in [-0.1, -0.05) is 0 Å². The Morgan fingerprint density at radius 3 is 0.905 bits per heavy atom. The van der Waals surface area contributed by atoms with Crippen LogP contribution in [0.5, 0.6) is 0 Å². The Hall–Kier alpha value is -2.67. The summed E-state index contributed by atoms with van der Waals surface area (Å²) in [5.74, 6) is 0. The van der Waals surface area contributed by atoms with Crippen LogP contribution in [0.2, 0.25) is 0 Å². The molecule has 0 atom stereocenters. The molecule has 0 nitrogen and oxygen atoms in total. The van der Waals surface area contributed by atoms with E-state index in [-0.39, 0.29) is 33.5 Å². The van der Waals surface area contributed by atoms with Crippen LogP contribution in [0, 0.1) is 0 Å². The molecule has 5 aromatic carbocycles. The van der Waals surface area contributed by atoms with Gasteiger partial charge in [-0.05, 0) is 0 Å². The van der Waals surface area contributed by atoms with Crippen molar-refractivity contribution < 1.29 is 16.8 Å². The maximum atomic E-state index is 17.4. The third-order valence-electron chi connectivity index (χ3n) is 7.99. The Balaban J connectivity index is 1.58. The number of hydrogen-bond donors (Lipinski definition) is 0. The Kier molecular flexibility index (Phi) is 8.63. The third-order valence-corrected chi connectivity index (χ3v) is 20.8. The van der Waals surface area contributed by atoms with E-state index in [1.54, 1.807) is 72.8 Å². The molecule has 0 saturated carbocycles. The summed E-state index contributed by atoms with van der Waals surface area (Å²) in [4.78, 5) is 0. The van der Waals surface area contributed by atoms with Gasteiger partial charge in [0, 0.05) is 0 Å². The van der Waals surface area contributed by atoms with Crippen LogP contribution in [-0.4, -0.2) is 24.6 Å². The summed E-state index contributed by atoms with van der Waals surface area (Å²) in [5, 5.41) is 0.697. The summed E-state index contributed by atoms with van der Waals surface area (Å²) in [5.41, 5.74) is 0. The second-order valence-corrected chi connectivity index (χ2v) is 23.1. The Labute approximate surface area is 251 Å². The second-order valence-electron chi connectivity index (χ2n) is 10.6. The molecule has 0 amide bonds. The molecular formula is C34H33F4P3S. The van der Waals surface area contributed by atoms with E-state index in [2.05, 4.69) is 0 Å². The fourth-order valence-corrected chi connectivity index (χ4v) is 18.8. The molecule has 0 aliphatic heterocycles. The van der Waals surface area contributed by atoms with Crippen molar-refractivity contribution in [1.82, 2.24) is 0 Å². The van der Waals surface area contributed by atoms with Crippen LogP contribution in [-0.2, 0) is 11.8 Å². The molecule has 0 aliphatic rings. The van der Waals surface area contributed by atoms with E-state index in [0.717, 1.165) is 5.30 Å². The van der Waals surface area contributed by atoms with Crippen LogP contribution in [0.1, 0.15) is 0 Å². The van der Waals surface area contributed by atoms with E-state index < -0.39 is 32.8 Å². The molecule has 5 aromatic rings. The van der Waals surface area contributed by atoms with Gasteiger partial charge in [-0.25, -0.2) is 0 Å². The first-order valence-electron chi connectivity index (χ1n) is 13.8. The number of halogens is 4. The number of hydrogen-bond acceptors (Lipinski definition) is 1. The second kappa shape index (κ2) is 11.8. The monoisotopic (exact) mass is 642 g/mol. The van der Waals surface area contributed by atoms with Gasteiger partial charge in [0.2, 0.25) is 0 Å². The molecule has 42 heavy (non-hydrogen) atoms. The van der Waals surface area contributed by atoms with Crippen molar-refractivity contribution in [2.75, 3.05) is 24.6 Å². The molecule has 0 aliphatic carbocycles. The maximum absolute atomic E-state index is 17.4. The molecule has 0 spiro atoms. The third kappa shape index (κ3) is 5.91. The van der Waals surface area contributed by atoms with Gasteiger partial charge >= 0.3 is 252 Å². The molecule has 0 saturated heterocycles. The summed E-state index contributed by atoms with van der Waals surface area (Å²) >= 11 is 6.29. The minimum atomic E-state index is -5.69. The average Bonchev–Trinajstić information content (AvgIpc) is 3.05. The fourth-order valence-electron chi connectivity index (χ4n) is 5.44. The van der Waals surface area contributed by atoms with Gasteiger partial charge in [0.05, 0.1) is 0 Å². The van der Waals surface area contributed by atoms with Crippen LogP contribution < -0.4 is 26.5 Å².